The van der Waals surface area contributed by atoms with Gasteiger partial charge < -0.3 is 9.47 Å². The summed E-state index contributed by atoms with van der Waals surface area (Å²) in [5, 5.41) is 2.76. The molecular weight excluding hydrogens is 339 g/mol. The van der Waals surface area contributed by atoms with E-state index >= 15 is 0 Å². The van der Waals surface area contributed by atoms with Gasteiger partial charge in [0.25, 0.3) is 0 Å². The van der Waals surface area contributed by atoms with Crippen molar-refractivity contribution in [1.29, 1.82) is 0 Å². The zero-order valence-corrected chi connectivity index (χ0v) is 15.8. The first-order valence-electron chi connectivity index (χ1n) is 9.72. The van der Waals surface area contributed by atoms with E-state index < -0.39 is 7.55 Å². The average molecular weight is 363 g/mol. The van der Waals surface area contributed by atoms with E-state index in [9.17, 15) is 0 Å². The molecule has 2 heterocycles. The monoisotopic (exact) mass is 363 g/mol. The van der Waals surface area contributed by atoms with Crippen LogP contribution in [0, 0.1) is 0 Å². The molecule has 3 aliphatic carbocycles. The molecule has 1 fully saturated rings. The van der Waals surface area contributed by atoms with Crippen molar-refractivity contribution < 1.29 is 9.47 Å². The van der Waals surface area contributed by atoms with Crippen LogP contribution in [0.3, 0.4) is 0 Å². The zero-order chi connectivity index (χ0) is 17.3. The Morgan fingerprint density at radius 3 is 2.62 bits per heavy atom. The highest BCUT2D eigenvalue weighted by Gasteiger charge is 2.51. The molecule has 5 aliphatic rings. The van der Waals surface area contributed by atoms with E-state index in [2.05, 4.69) is 66.8 Å². The molecule has 132 valence electrons. The topological polar surface area (TPSA) is 18.5 Å². The molecule has 0 radical (unpaired) electrons. The lowest BCUT2D eigenvalue weighted by molar-refractivity contribution is 0.111. The van der Waals surface area contributed by atoms with E-state index in [1.807, 2.05) is 0 Å². The fraction of sp³-hybridized carbons (Fsp3) is 0.348. The average Bonchev–Trinajstić information content (AvgIpc) is 2.85. The maximum atomic E-state index is 6.58. The van der Waals surface area contributed by atoms with Crippen LogP contribution in [0.25, 0.3) is 0 Å². The van der Waals surface area contributed by atoms with Crippen LogP contribution in [0.5, 0.6) is 0 Å². The van der Waals surface area contributed by atoms with E-state index in [1.54, 1.807) is 0 Å². The number of rotatable bonds is 0. The standard InChI is InChI=1S/C23H24O2P/c1-2-9-15-21-17(11-5-1)24-19-13-7-3-8-14-20-23(19)26(21)22-16-10-4-6-12-18(22)25-20/h1-3,5,7-9,11,13-15,18-19,22H,4,6,10,12,16H2/q+1/t18-,19?,22?/m1/s1. The van der Waals surface area contributed by atoms with Gasteiger partial charge in [0.2, 0.25) is 5.29 Å². The van der Waals surface area contributed by atoms with Gasteiger partial charge in [-0.1, -0.05) is 49.0 Å². The van der Waals surface area contributed by atoms with Crippen LogP contribution in [0.15, 0.2) is 83.7 Å². The molecule has 26 heavy (non-hydrogen) atoms. The van der Waals surface area contributed by atoms with Crippen molar-refractivity contribution in [3.8, 4) is 0 Å². The van der Waals surface area contributed by atoms with Crippen molar-refractivity contribution in [1.82, 2.24) is 0 Å². The maximum absolute atomic E-state index is 6.58. The fourth-order valence-corrected chi connectivity index (χ4v) is 7.84. The summed E-state index contributed by atoms with van der Waals surface area (Å²) in [6, 6.07) is 0. The van der Waals surface area contributed by atoms with Crippen LogP contribution >= 0.6 is 7.55 Å². The predicted molar refractivity (Wildman–Crippen MR) is 109 cm³/mol. The molecular formula is C23H24O2P+. The minimum Gasteiger partial charge on any atom is -0.481 e. The largest absolute Gasteiger partial charge is 0.481 e. The van der Waals surface area contributed by atoms with Gasteiger partial charge >= 0.3 is 0 Å². The van der Waals surface area contributed by atoms with Crippen LogP contribution in [-0.2, 0) is 9.47 Å². The predicted octanol–water partition coefficient (Wildman–Crippen LogP) is 5.67. The van der Waals surface area contributed by atoms with E-state index in [4.69, 9.17) is 9.47 Å². The van der Waals surface area contributed by atoms with Gasteiger partial charge in [-0.2, -0.15) is 0 Å². The molecule has 0 amide bonds. The van der Waals surface area contributed by atoms with Crippen LogP contribution in [0.4, 0.5) is 0 Å². The van der Waals surface area contributed by atoms with Gasteiger partial charge in [-0.3, -0.25) is 0 Å². The summed E-state index contributed by atoms with van der Waals surface area (Å²) in [7, 11) is -0.448. The quantitative estimate of drug-likeness (QED) is 0.516. The lowest BCUT2D eigenvalue weighted by Crippen LogP contribution is -2.39. The van der Waals surface area contributed by atoms with Crippen LogP contribution in [-0.4, -0.2) is 23.2 Å². The first-order valence-corrected chi connectivity index (χ1v) is 11.1. The van der Waals surface area contributed by atoms with Crippen LogP contribution in [0.2, 0.25) is 0 Å². The van der Waals surface area contributed by atoms with Crippen LogP contribution < -0.4 is 0 Å². The number of fused-ring (bicyclic) bond motifs is 3. The molecule has 4 atom stereocenters. The highest BCUT2D eigenvalue weighted by Crippen LogP contribution is 2.56. The zero-order valence-electron chi connectivity index (χ0n) is 14.9. The molecule has 2 nitrogen and oxygen atoms in total. The lowest BCUT2D eigenvalue weighted by atomic mass is 10.1. The molecule has 0 saturated heterocycles. The normalized spacial score (nSPS) is 33.4. The summed E-state index contributed by atoms with van der Waals surface area (Å²) in [6.07, 6.45) is 30.2. The SMILES string of the molecule is C1=CC=CC2=C(C=C1)OC1C=CC=CC=C3O[C@@H]4CCCCCC4[P+]2=C31. The fourth-order valence-electron chi connectivity index (χ4n) is 4.50. The Hall–Kier alpha value is -2.05. The second kappa shape index (κ2) is 6.93. The van der Waals surface area contributed by atoms with Gasteiger partial charge in [0.1, 0.15) is 6.10 Å². The van der Waals surface area contributed by atoms with Crippen molar-refractivity contribution in [2.24, 2.45) is 0 Å². The summed E-state index contributed by atoms with van der Waals surface area (Å²) in [5.41, 5.74) is 0.606. The summed E-state index contributed by atoms with van der Waals surface area (Å²) in [5.74, 6) is 2.11. The van der Waals surface area contributed by atoms with Gasteiger partial charge in [-0.25, -0.2) is 0 Å². The lowest BCUT2D eigenvalue weighted by Gasteiger charge is -2.34. The van der Waals surface area contributed by atoms with E-state index in [1.165, 1.54) is 42.7 Å². The van der Waals surface area contributed by atoms with Crippen LogP contribution in [0.1, 0.15) is 32.1 Å². The Morgan fingerprint density at radius 1 is 0.808 bits per heavy atom. The molecule has 3 unspecified atom stereocenters. The summed E-state index contributed by atoms with van der Waals surface area (Å²) >= 11 is 0. The molecule has 0 N–H and O–H groups in total. The Balaban J connectivity index is 1.74. The highest BCUT2D eigenvalue weighted by molar-refractivity contribution is 7.65. The summed E-state index contributed by atoms with van der Waals surface area (Å²) < 4.78 is 13.0. The third-order valence-electron chi connectivity index (χ3n) is 5.67. The van der Waals surface area contributed by atoms with E-state index in [0.717, 1.165) is 11.5 Å². The Kier molecular flexibility index (Phi) is 4.30. The Morgan fingerprint density at radius 2 is 1.65 bits per heavy atom. The Bertz CT molecular complexity index is 847. The van der Waals surface area contributed by atoms with Crippen molar-refractivity contribution >= 4 is 12.8 Å². The molecule has 0 bridgehead atoms. The molecule has 3 heteroatoms. The molecule has 5 rings (SSSR count). The third-order valence-corrected chi connectivity index (χ3v) is 8.80. The van der Waals surface area contributed by atoms with Gasteiger partial charge in [0.05, 0.1) is 0 Å². The minimum absolute atomic E-state index is 0.0123. The van der Waals surface area contributed by atoms with Gasteiger partial charge in [-0.15, -0.1) is 0 Å². The number of allylic oxidation sites excluding steroid dienone is 11. The summed E-state index contributed by atoms with van der Waals surface area (Å²) in [4.78, 5) is 0. The minimum atomic E-state index is -0.448. The van der Waals surface area contributed by atoms with Crippen molar-refractivity contribution in [2.75, 3.05) is 0 Å². The smallest absolute Gasteiger partial charge is 0.213 e. The molecule has 0 aromatic rings. The molecule has 0 aromatic carbocycles. The maximum Gasteiger partial charge on any atom is 0.213 e. The van der Waals surface area contributed by atoms with Crippen molar-refractivity contribution in [2.45, 2.75) is 50.0 Å². The summed E-state index contributed by atoms with van der Waals surface area (Å²) in [6.45, 7) is 0. The first-order chi connectivity index (χ1) is 12.9. The van der Waals surface area contributed by atoms with Crippen molar-refractivity contribution in [3.05, 3.63) is 83.7 Å². The third kappa shape index (κ3) is 2.77. The second-order valence-electron chi connectivity index (χ2n) is 7.31. The molecule has 0 aromatic heterocycles. The number of hydrogen-bond donors (Lipinski definition) is 0. The van der Waals surface area contributed by atoms with Crippen molar-refractivity contribution in [3.63, 3.8) is 0 Å². The molecule has 2 aliphatic heterocycles. The number of ether oxygens (including phenoxy) is 2. The highest BCUT2D eigenvalue weighted by atomic mass is 31.1. The van der Waals surface area contributed by atoms with E-state index in [0.29, 0.717) is 11.8 Å². The van der Waals surface area contributed by atoms with Gasteiger partial charge in [-0.05, 0) is 50.0 Å². The second-order valence-corrected chi connectivity index (χ2v) is 9.68. The van der Waals surface area contributed by atoms with Gasteiger partial charge in [0.15, 0.2) is 36.1 Å². The Labute approximate surface area is 156 Å². The number of hydrogen-bond acceptors (Lipinski definition) is 2. The van der Waals surface area contributed by atoms with E-state index in [-0.39, 0.29) is 6.10 Å². The van der Waals surface area contributed by atoms with Gasteiger partial charge in [0, 0.05) is 0 Å². The molecule has 0 spiro atoms. The first kappa shape index (κ1) is 16.1. The molecule has 1 saturated carbocycles.